The van der Waals surface area contributed by atoms with Crippen LogP contribution in [0.5, 0.6) is 0 Å². The molecule has 144 valence electrons. The molecular weight excluding hydrogens is 320 g/mol. The zero-order valence-electron chi connectivity index (χ0n) is 17.1. The van der Waals surface area contributed by atoms with Crippen molar-refractivity contribution in [1.82, 2.24) is 0 Å². The Kier molecular flexibility index (Phi) is 10.3. The minimum Gasteiger partial charge on any atom is -0.373 e. The Balaban J connectivity index is 2.80. The lowest BCUT2D eigenvalue weighted by molar-refractivity contribution is -0.286. The van der Waals surface area contributed by atoms with E-state index in [1.54, 1.807) is 0 Å². The van der Waals surface area contributed by atoms with Gasteiger partial charge in [-0.2, -0.15) is 11.8 Å². The molecule has 0 bridgehead atoms. The van der Waals surface area contributed by atoms with E-state index >= 15 is 0 Å². The lowest BCUT2D eigenvalue weighted by Gasteiger charge is -2.46. The molecule has 3 nitrogen and oxygen atoms in total. The molecule has 1 fully saturated rings. The monoisotopic (exact) mass is 360 g/mol. The normalized spacial score (nSPS) is 31.4. The highest BCUT2D eigenvalue weighted by Crippen LogP contribution is 2.38. The maximum Gasteiger partial charge on any atom is 0.161 e. The predicted molar refractivity (Wildman–Crippen MR) is 105 cm³/mol. The van der Waals surface area contributed by atoms with Crippen LogP contribution in [0.3, 0.4) is 0 Å². The van der Waals surface area contributed by atoms with Crippen molar-refractivity contribution in [2.45, 2.75) is 111 Å². The summed E-state index contributed by atoms with van der Waals surface area (Å²) in [7, 11) is 0. The second-order valence-corrected chi connectivity index (χ2v) is 9.55. The number of ether oxygens (including phenoxy) is 3. The number of rotatable bonds is 10. The second-order valence-electron chi connectivity index (χ2n) is 7.87. The largest absolute Gasteiger partial charge is 0.373 e. The van der Waals surface area contributed by atoms with E-state index in [9.17, 15) is 0 Å². The highest BCUT2D eigenvalue weighted by atomic mass is 32.2. The van der Waals surface area contributed by atoms with Crippen LogP contribution in [0.1, 0.15) is 74.7 Å². The molecule has 2 unspecified atom stereocenters. The van der Waals surface area contributed by atoms with Crippen molar-refractivity contribution in [3.05, 3.63) is 0 Å². The van der Waals surface area contributed by atoms with Gasteiger partial charge in [-0.05, 0) is 63.9 Å². The van der Waals surface area contributed by atoms with E-state index in [0.717, 1.165) is 6.42 Å². The minimum atomic E-state index is -0.107. The van der Waals surface area contributed by atoms with Crippen molar-refractivity contribution in [1.29, 1.82) is 0 Å². The van der Waals surface area contributed by atoms with Crippen molar-refractivity contribution in [2.75, 3.05) is 5.75 Å². The van der Waals surface area contributed by atoms with Gasteiger partial charge in [0.1, 0.15) is 0 Å². The van der Waals surface area contributed by atoms with Gasteiger partial charge in [-0.15, -0.1) is 0 Å². The molecule has 0 aromatic carbocycles. The van der Waals surface area contributed by atoms with Crippen molar-refractivity contribution in [2.24, 2.45) is 11.8 Å². The smallest absolute Gasteiger partial charge is 0.161 e. The van der Waals surface area contributed by atoms with Crippen molar-refractivity contribution in [3.63, 3.8) is 0 Å². The first-order chi connectivity index (χ1) is 11.3. The van der Waals surface area contributed by atoms with Gasteiger partial charge in [0.05, 0.1) is 24.4 Å². The van der Waals surface area contributed by atoms with Crippen molar-refractivity contribution in [3.8, 4) is 0 Å². The molecule has 0 aliphatic carbocycles. The molecule has 1 rings (SSSR count). The van der Waals surface area contributed by atoms with Gasteiger partial charge in [-0.3, -0.25) is 0 Å². The maximum absolute atomic E-state index is 6.32. The van der Waals surface area contributed by atoms with Crippen LogP contribution in [0.2, 0.25) is 0 Å². The van der Waals surface area contributed by atoms with Crippen LogP contribution in [0.25, 0.3) is 0 Å². The van der Waals surface area contributed by atoms with E-state index in [1.165, 1.54) is 18.6 Å². The van der Waals surface area contributed by atoms with Crippen LogP contribution in [-0.4, -0.2) is 41.7 Å². The summed E-state index contributed by atoms with van der Waals surface area (Å²) in [5.74, 6) is 2.09. The quantitative estimate of drug-likeness (QED) is 0.480. The van der Waals surface area contributed by atoms with Gasteiger partial charge in [0.15, 0.2) is 6.29 Å². The minimum absolute atomic E-state index is 0.107. The molecule has 0 spiro atoms. The first kappa shape index (κ1) is 22.3. The van der Waals surface area contributed by atoms with Gasteiger partial charge >= 0.3 is 0 Å². The van der Waals surface area contributed by atoms with Gasteiger partial charge in [0.25, 0.3) is 0 Å². The van der Waals surface area contributed by atoms with Crippen molar-refractivity contribution < 1.29 is 14.2 Å². The average Bonchev–Trinajstić information content (AvgIpc) is 2.47. The Morgan fingerprint density at radius 3 is 2.12 bits per heavy atom. The molecule has 0 saturated carbocycles. The highest BCUT2D eigenvalue weighted by Gasteiger charge is 2.44. The second kappa shape index (κ2) is 11.1. The predicted octanol–water partition coefficient (Wildman–Crippen LogP) is 5.51. The van der Waals surface area contributed by atoms with Crippen molar-refractivity contribution >= 4 is 11.8 Å². The topological polar surface area (TPSA) is 27.7 Å². The van der Waals surface area contributed by atoms with E-state index in [2.05, 4.69) is 67.2 Å². The molecule has 1 saturated heterocycles. The Hall–Kier alpha value is 0.230. The summed E-state index contributed by atoms with van der Waals surface area (Å²) in [6, 6.07) is 0. The molecule has 1 heterocycles. The Labute approximate surface area is 154 Å². The lowest BCUT2D eigenvalue weighted by Crippen LogP contribution is -2.53. The number of hydrogen-bond acceptors (Lipinski definition) is 4. The zero-order chi connectivity index (χ0) is 18.3. The molecule has 0 N–H and O–H groups in total. The Morgan fingerprint density at radius 2 is 1.62 bits per heavy atom. The summed E-state index contributed by atoms with van der Waals surface area (Å²) in [6.45, 7) is 17.4. The van der Waals surface area contributed by atoms with Crippen LogP contribution >= 0.6 is 11.8 Å². The SMILES string of the molecule is CCC1O[C@H](OC(C)C)C(C)[C@@H](CCCSC(C)C)[C@@H]1OC(C)C. The van der Waals surface area contributed by atoms with E-state index < -0.39 is 0 Å². The summed E-state index contributed by atoms with van der Waals surface area (Å²) in [4.78, 5) is 0. The standard InChI is InChI=1S/C20H40O3S/c1-9-18-19(21-13(2)3)17(11-10-12-24-15(6)7)16(8)20(23-18)22-14(4)5/h13-20H,9-12H2,1-8H3/t16?,17-,18?,19+,20+/m1/s1. The molecular formula is C20H40O3S. The summed E-state index contributed by atoms with van der Waals surface area (Å²) < 4.78 is 18.7. The molecule has 1 aliphatic rings. The average molecular weight is 361 g/mol. The third kappa shape index (κ3) is 7.23. The fourth-order valence-corrected chi connectivity index (χ4v) is 4.28. The van der Waals surface area contributed by atoms with E-state index in [-0.39, 0.29) is 30.7 Å². The fourth-order valence-electron chi connectivity index (χ4n) is 3.47. The van der Waals surface area contributed by atoms with Gasteiger partial charge in [0, 0.05) is 5.92 Å². The van der Waals surface area contributed by atoms with Crippen LogP contribution in [-0.2, 0) is 14.2 Å². The summed E-state index contributed by atoms with van der Waals surface area (Å²) in [5, 5.41) is 0.709. The van der Waals surface area contributed by atoms with E-state index in [1.807, 2.05) is 0 Å². The summed E-state index contributed by atoms with van der Waals surface area (Å²) in [6.07, 6.45) is 4.03. The molecule has 5 atom stereocenters. The molecule has 0 radical (unpaired) electrons. The first-order valence-electron chi connectivity index (χ1n) is 9.84. The molecule has 1 aliphatic heterocycles. The Bertz CT molecular complexity index is 333. The van der Waals surface area contributed by atoms with Crippen LogP contribution in [0.15, 0.2) is 0 Å². The third-order valence-corrected chi connectivity index (χ3v) is 5.76. The van der Waals surface area contributed by atoms with Gasteiger partial charge in [0.2, 0.25) is 0 Å². The van der Waals surface area contributed by atoms with Crippen LogP contribution in [0.4, 0.5) is 0 Å². The molecule has 0 amide bonds. The molecule has 24 heavy (non-hydrogen) atoms. The zero-order valence-corrected chi connectivity index (χ0v) is 17.9. The third-order valence-electron chi connectivity index (χ3n) is 4.57. The van der Waals surface area contributed by atoms with Gasteiger partial charge < -0.3 is 14.2 Å². The molecule has 0 aromatic heterocycles. The van der Waals surface area contributed by atoms with E-state index in [4.69, 9.17) is 14.2 Å². The van der Waals surface area contributed by atoms with E-state index in [0.29, 0.717) is 17.1 Å². The number of hydrogen-bond donors (Lipinski definition) is 0. The molecule has 4 heteroatoms. The number of thioether (sulfide) groups is 1. The van der Waals surface area contributed by atoms with Gasteiger partial charge in [-0.1, -0.05) is 27.7 Å². The molecule has 0 aromatic rings. The first-order valence-corrected chi connectivity index (χ1v) is 10.9. The van der Waals surface area contributed by atoms with Crippen LogP contribution < -0.4 is 0 Å². The Morgan fingerprint density at radius 1 is 1.00 bits per heavy atom. The summed E-state index contributed by atoms with van der Waals surface area (Å²) >= 11 is 2.05. The fraction of sp³-hybridized carbons (Fsp3) is 1.00. The van der Waals surface area contributed by atoms with Gasteiger partial charge in [-0.25, -0.2) is 0 Å². The van der Waals surface area contributed by atoms with Crippen LogP contribution in [0, 0.1) is 11.8 Å². The lowest BCUT2D eigenvalue weighted by atomic mass is 9.79. The maximum atomic E-state index is 6.32. The highest BCUT2D eigenvalue weighted by molar-refractivity contribution is 7.99. The summed E-state index contributed by atoms with van der Waals surface area (Å²) in [5.41, 5.74) is 0.